The molecule has 0 atom stereocenters. The van der Waals surface area contributed by atoms with E-state index in [0.29, 0.717) is 21.2 Å². The van der Waals surface area contributed by atoms with Crippen molar-refractivity contribution in [1.82, 2.24) is 4.98 Å². The second kappa shape index (κ2) is 5.78. The number of aromatic nitrogens is 1. The van der Waals surface area contributed by atoms with Crippen molar-refractivity contribution < 1.29 is 9.53 Å². The molecule has 0 unspecified atom stereocenters. The zero-order chi connectivity index (χ0) is 14.0. The molecule has 0 aliphatic rings. The summed E-state index contributed by atoms with van der Waals surface area (Å²) in [6.45, 7) is 0. The molecule has 0 fully saturated rings. The summed E-state index contributed by atoms with van der Waals surface area (Å²) < 4.78 is 4.57. The van der Waals surface area contributed by atoms with Gasteiger partial charge in [-0.3, -0.25) is 0 Å². The van der Waals surface area contributed by atoms with Crippen LogP contribution in [0.5, 0.6) is 0 Å². The number of esters is 1. The van der Waals surface area contributed by atoms with E-state index in [0.717, 1.165) is 0 Å². The van der Waals surface area contributed by atoms with Crippen LogP contribution in [0.15, 0.2) is 30.3 Å². The molecule has 2 aromatic rings. The maximum absolute atomic E-state index is 11.4. The van der Waals surface area contributed by atoms with Gasteiger partial charge in [0.25, 0.3) is 0 Å². The molecule has 0 N–H and O–H groups in total. The van der Waals surface area contributed by atoms with Crippen molar-refractivity contribution in [2.75, 3.05) is 7.11 Å². The van der Waals surface area contributed by atoms with Crippen molar-refractivity contribution in [1.29, 1.82) is 0 Å². The molecule has 1 aromatic carbocycles. The van der Waals surface area contributed by atoms with Crippen molar-refractivity contribution >= 4 is 40.8 Å². The van der Waals surface area contributed by atoms with Gasteiger partial charge < -0.3 is 4.74 Å². The summed E-state index contributed by atoms with van der Waals surface area (Å²) in [5, 5.41) is 1.06. The van der Waals surface area contributed by atoms with Crippen molar-refractivity contribution in [2.45, 2.75) is 0 Å². The van der Waals surface area contributed by atoms with Crippen LogP contribution in [0, 0.1) is 0 Å². The third-order valence-corrected chi connectivity index (χ3v) is 3.39. The summed E-state index contributed by atoms with van der Waals surface area (Å²) in [5.41, 5.74) is 1.27. The molecule has 19 heavy (non-hydrogen) atoms. The Balaban J connectivity index is 2.56. The van der Waals surface area contributed by atoms with Gasteiger partial charge in [-0.25, -0.2) is 9.78 Å². The van der Waals surface area contributed by atoms with Crippen LogP contribution in [-0.4, -0.2) is 18.1 Å². The van der Waals surface area contributed by atoms with Crippen LogP contribution < -0.4 is 0 Å². The Bertz CT molecular complexity index is 624. The molecule has 0 radical (unpaired) electrons. The zero-order valence-electron chi connectivity index (χ0n) is 9.78. The number of pyridine rings is 1. The Morgan fingerprint density at radius 1 is 1.11 bits per heavy atom. The molecule has 0 bridgehead atoms. The monoisotopic (exact) mass is 315 g/mol. The quantitative estimate of drug-likeness (QED) is 0.605. The molecule has 0 spiro atoms. The van der Waals surface area contributed by atoms with E-state index < -0.39 is 5.97 Å². The molecule has 1 aromatic heterocycles. The highest BCUT2D eigenvalue weighted by Gasteiger charge is 2.15. The molecule has 6 heteroatoms. The Hall–Kier alpha value is -1.29. The number of hydrogen-bond acceptors (Lipinski definition) is 3. The van der Waals surface area contributed by atoms with Gasteiger partial charge >= 0.3 is 5.97 Å². The first-order valence-electron chi connectivity index (χ1n) is 5.24. The maximum Gasteiger partial charge on any atom is 0.356 e. The van der Waals surface area contributed by atoms with Crippen molar-refractivity contribution in [3.8, 4) is 11.1 Å². The molecular weight excluding hydrogens is 309 g/mol. The van der Waals surface area contributed by atoms with Crippen molar-refractivity contribution in [3.63, 3.8) is 0 Å². The number of halogens is 3. The predicted molar refractivity (Wildman–Crippen MR) is 76.0 cm³/mol. The van der Waals surface area contributed by atoms with Gasteiger partial charge in [0.1, 0.15) is 10.8 Å². The number of nitrogens with zero attached hydrogens (tertiary/aromatic N) is 1. The maximum atomic E-state index is 11.4. The van der Waals surface area contributed by atoms with E-state index in [1.807, 2.05) is 0 Å². The van der Waals surface area contributed by atoms with Gasteiger partial charge in [0.15, 0.2) is 0 Å². The number of benzene rings is 1. The molecule has 2 rings (SSSR count). The van der Waals surface area contributed by atoms with Crippen LogP contribution in [0.1, 0.15) is 10.5 Å². The van der Waals surface area contributed by atoms with Gasteiger partial charge in [-0.1, -0.05) is 40.9 Å². The fraction of sp³-hybridized carbons (Fsp3) is 0.0769. The zero-order valence-corrected chi connectivity index (χ0v) is 12.1. The molecule has 0 saturated heterocycles. The highest BCUT2D eigenvalue weighted by molar-refractivity contribution is 6.40. The van der Waals surface area contributed by atoms with E-state index in [9.17, 15) is 4.79 Å². The molecule has 1 heterocycles. The minimum absolute atomic E-state index is 0.124. The summed E-state index contributed by atoms with van der Waals surface area (Å²) in [4.78, 5) is 15.3. The normalized spacial score (nSPS) is 10.3. The number of hydrogen-bond donors (Lipinski definition) is 0. The fourth-order valence-corrected chi connectivity index (χ4v) is 2.44. The summed E-state index contributed by atoms with van der Waals surface area (Å²) in [6, 6.07) is 8.28. The van der Waals surface area contributed by atoms with E-state index in [2.05, 4.69) is 9.72 Å². The second-order valence-electron chi connectivity index (χ2n) is 3.62. The summed E-state index contributed by atoms with van der Waals surface area (Å²) in [6.07, 6.45) is 0. The number of rotatable bonds is 2. The van der Waals surface area contributed by atoms with Crippen LogP contribution in [0.2, 0.25) is 15.2 Å². The van der Waals surface area contributed by atoms with Crippen LogP contribution >= 0.6 is 34.8 Å². The average molecular weight is 317 g/mol. The number of methoxy groups -OCH3 is 1. The SMILES string of the molecule is COC(=O)c1ccc(-c2c(Cl)cccc2Cl)c(Cl)n1. The van der Waals surface area contributed by atoms with Crippen LogP contribution in [0.25, 0.3) is 11.1 Å². The Labute approximate surface area is 125 Å². The Morgan fingerprint density at radius 3 is 2.26 bits per heavy atom. The molecule has 0 saturated carbocycles. The van der Waals surface area contributed by atoms with E-state index in [-0.39, 0.29) is 10.8 Å². The lowest BCUT2D eigenvalue weighted by Gasteiger charge is -2.09. The lowest BCUT2D eigenvalue weighted by Crippen LogP contribution is -2.04. The topological polar surface area (TPSA) is 39.2 Å². The van der Waals surface area contributed by atoms with Crippen molar-refractivity contribution in [2.24, 2.45) is 0 Å². The number of carbonyl (C=O) groups excluding carboxylic acids is 1. The first kappa shape index (κ1) is 14.1. The van der Waals surface area contributed by atoms with E-state index >= 15 is 0 Å². The third-order valence-electron chi connectivity index (χ3n) is 2.48. The third kappa shape index (κ3) is 2.84. The minimum Gasteiger partial charge on any atom is -0.464 e. The molecule has 0 amide bonds. The largest absolute Gasteiger partial charge is 0.464 e. The predicted octanol–water partition coefficient (Wildman–Crippen LogP) is 4.50. The van der Waals surface area contributed by atoms with Gasteiger partial charge in [0.05, 0.1) is 17.2 Å². The van der Waals surface area contributed by atoms with Gasteiger partial charge in [-0.15, -0.1) is 0 Å². The number of ether oxygens (including phenoxy) is 1. The van der Waals surface area contributed by atoms with Gasteiger partial charge in [0, 0.05) is 11.1 Å². The van der Waals surface area contributed by atoms with Crippen molar-refractivity contribution in [3.05, 3.63) is 51.2 Å². The molecule has 0 aliphatic heterocycles. The number of carbonyl (C=O) groups is 1. The lowest BCUT2D eigenvalue weighted by atomic mass is 10.1. The highest BCUT2D eigenvalue weighted by Crippen LogP contribution is 2.37. The van der Waals surface area contributed by atoms with Gasteiger partial charge in [-0.05, 0) is 24.3 Å². The highest BCUT2D eigenvalue weighted by atomic mass is 35.5. The standard InChI is InChI=1S/C13H8Cl3NO2/c1-19-13(18)10-6-5-7(12(16)17-10)11-8(14)3-2-4-9(11)15/h2-6H,1H3. The second-order valence-corrected chi connectivity index (χ2v) is 4.80. The van der Waals surface area contributed by atoms with Crippen LogP contribution in [0.4, 0.5) is 0 Å². The molecular formula is C13H8Cl3NO2. The van der Waals surface area contributed by atoms with E-state index in [1.165, 1.54) is 13.2 Å². The smallest absolute Gasteiger partial charge is 0.356 e. The van der Waals surface area contributed by atoms with Crippen LogP contribution in [-0.2, 0) is 4.74 Å². The summed E-state index contributed by atoms with van der Waals surface area (Å²) in [5.74, 6) is -0.557. The first-order chi connectivity index (χ1) is 9.04. The Kier molecular flexibility index (Phi) is 4.30. The first-order valence-corrected chi connectivity index (χ1v) is 6.37. The molecule has 3 nitrogen and oxygen atoms in total. The van der Waals surface area contributed by atoms with Gasteiger partial charge in [0.2, 0.25) is 0 Å². The van der Waals surface area contributed by atoms with E-state index in [1.54, 1.807) is 24.3 Å². The minimum atomic E-state index is -0.557. The summed E-state index contributed by atoms with van der Waals surface area (Å²) in [7, 11) is 1.27. The van der Waals surface area contributed by atoms with Gasteiger partial charge in [-0.2, -0.15) is 0 Å². The average Bonchev–Trinajstić information content (AvgIpc) is 2.39. The fourth-order valence-electron chi connectivity index (χ4n) is 1.59. The molecule has 0 aliphatic carbocycles. The molecule has 98 valence electrons. The van der Waals surface area contributed by atoms with Crippen LogP contribution in [0.3, 0.4) is 0 Å². The van der Waals surface area contributed by atoms with E-state index in [4.69, 9.17) is 34.8 Å². The lowest BCUT2D eigenvalue weighted by molar-refractivity contribution is 0.0594. The summed E-state index contributed by atoms with van der Waals surface area (Å²) >= 11 is 18.3. The Morgan fingerprint density at radius 2 is 1.74 bits per heavy atom.